The third kappa shape index (κ3) is 3.52. The predicted molar refractivity (Wildman–Crippen MR) is 188 cm³/mol. The number of para-hydroxylation sites is 2. The van der Waals surface area contributed by atoms with Crippen LogP contribution < -0.4 is 0 Å². The number of nitrogens with zero attached hydrogens (tertiary/aromatic N) is 3. The van der Waals surface area contributed by atoms with E-state index in [1.165, 1.54) is 59.8 Å². The van der Waals surface area contributed by atoms with Gasteiger partial charge in [-0.25, -0.2) is 9.97 Å². The van der Waals surface area contributed by atoms with Crippen LogP contribution in [0.5, 0.6) is 0 Å². The molecule has 2 heterocycles. The molecule has 0 atom stereocenters. The van der Waals surface area contributed by atoms with Gasteiger partial charge in [-0.3, -0.25) is 0 Å². The number of aromatic nitrogens is 3. The number of fused-ring (bicyclic) bond motifs is 5. The number of hydrogen-bond donors (Lipinski definition) is 0. The second-order valence-electron chi connectivity index (χ2n) is 11.8. The van der Waals surface area contributed by atoms with Crippen molar-refractivity contribution in [1.82, 2.24) is 14.5 Å². The Hall–Kier alpha value is -6.06. The smallest absolute Gasteiger partial charge is 0.160 e. The molecule has 208 valence electrons. The Morgan fingerprint density at radius 2 is 1.02 bits per heavy atom. The topological polar surface area (TPSA) is 30.7 Å². The van der Waals surface area contributed by atoms with Crippen LogP contribution in [0.15, 0.2) is 152 Å². The summed E-state index contributed by atoms with van der Waals surface area (Å²) in [5.41, 5.74) is 7.66. The van der Waals surface area contributed by atoms with Crippen molar-refractivity contribution in [2.75, 3.05) is 0 Å². The van der Waals surface area contributed by atoms with E-state index in [1.807, 2.05) is 12.1 Å². The van der Waals surface area contributed by atoms with Gasteiger partial charge in [0.2, 0.25) is 0 Å². The maximum Gasteiger partial charge on any atom is 0.160 e. The first-order valence-corrected chi connectivity index (χ1v) is 15.3. The average molecular weight is 572 g/mol. The molecule has 8 aromatic carbocycles. The lowest BCUT2D eigenvalue weighted by atomic mass is 9.92. The van der Waals surface area contributed by atoms with Crippen molar-refractivity contribution in [3.63, 3.8) is 0 Å². The van der Waals surface area contributed by atoms with Gasteiger partial charge < -0.3 is 4.57 Å². The Labute approximate surface area is 259 Å². The molecular weight excluding hydrogens is 546 g/mol. The van der Waals surface area contributed by atoms with Crippen LogP contribution in [0.25, 0.3) is 93.4 Å². The lowest BCUT2D eigenvalue weighted by Crippen LogP contribution is -1.95. The average Bonchev–Trinajstić information content (AvgIpc) is 3.46. The van der Waals surface area contributed by atoms with Gasteiger partial charge >= 0.3 is 0 Å². The van der Waals surface area contributed by atoms with Crippen molar-refractivity contribution in [2.24, 2.45) is 0 Å². The summed E-state index contributed by atoms with van der Waals surface area (Å²) in [5.74, 6) is 0.737. The molecule has 3 nitrogen and oxygen atoms in total. The minimum Gasteiger partial charge on any atom is -0.309 e. The summed E-state index contributed by atoms with van der Waals surface area (Å²) in [6, 6.07) is 54.2. The number of rotatable bonds is 3. The third-order valence-electron chi connectivity index (χ3n) is 9.30. The monoisotopic (exact) mass is 571 g/mol. The minimum atomic E-state index is 0.737. The van der Waals surface area contributed by atoms with Gasteiger partial charge in [-0.05, 0) is 80.8 Å². The van der Waals surface area contributed by atoms with Crippen LogP contribution in [0, 0.1) is 0 Å². The summed E-state index contributed by atoms with van der Waals surface area (Å²) >= 11 is 0. The lowest BCUT2D eigenvalue weighted by Gasteiger charge is -2.12. The minimum absolute atomic E-state index is 0.737. The van der Waals surface area contributed by atoms with Crippen LogP contribution in [0.1, 0.15) is 0 Å². The van der Waals surface area contributed by atoms with E-state index >= 15 is 0 Å². The van der Waals surface area contributed by atoms with Crippen molar-refractivity contribution in [3.05, 3.63) is 152 Å². The van der Waals surface area contributed by atoms with Crippen LogP contribution in [0.2, 0.25) is 0 Å². The molecule has 10 rings (SSSR count). The van der Waals surface area contributed by atoms with Crippen LogP contribution in [-0.4, -0.2) is 14.5 Å². The molecule has 0 aliphatic rings. The maximum absolute atomic E-state index is 5.14. The van der Waals surface area contributed by atoms with Crippen LogP contribution in [0.4, 0.5) is 0 Å². The summed E-state index contributed by atoms with van der Waals surface area (Å²) in [7, 11) is 0. The molecule has 45 heavy (non-hydrogen) atoms. The summed E-state index contributed by atoms with van der Waals surface area (Å²) in [4.78, 5) is 10.2. The van der Waals surface area contributed by atoms with Gasteiger partial charge in [0.25, 0.3) is 0 Å². The standard InChI is InChI=1S/C42H25N3/c1-3-11-26(12-4-1)41-33-15-7-8-18-36(33)43-42(44-41)28-22-21-27-24-34-31-16-9-19-37-39(31)40-32(35(34)25-29(27)23-28)17-10-20-38(40)45(37)30-13-5-2-6-14-30/h1-25H. The molecule has 0 aliphatic heterocycles. The lowest BCUT2D eigenvalue weighted by molar-refractivity contribution is 1.18. The first-order valence-electron chi connectivity index (χ1n) is 15.3. The van der Waals surface area contributed by atoms with E-state index in [-0.39, 0.29) is 0 Å². The molecule has 0 unspecified atom stereocenters. The highest BCUT2D eigenvalue weighted by Crippen LogP contribution is 2.44. The summed E-state index contributed by atoms with van der Waals surface area (Å²) in [6.07, 6.45) is 0. The van der Waals surface area contributed by atoms with Crippen molar-refractivity contribution in [2.45, 2.75) is 0 Å². The molecule has 3 heteroatoms. The quantitative estimate of drug-likeness (QED) is 0.156. The molecule has 2 aromatic heterocycles. The molecule has 0 aliphatic carbocycles. The third-order valence-corrected chi connectivity index (χ3v) is 9.30. The van der Waals surface area contributed by atoms with Crippen molar-refractivity contribution >= 4 is 65.0 Å². The molecule has 0 radical (unpaired) electrons. The van der Waals surface area contributed by atoms with Gasteiger partial charge in [0.15, 0.2) is 5.82 Å². The molecule has 0 bridgehead atoms. The molecule has 0 spiro atoms. The fraction of sp³-hybridized carbons (Fsp3) is 0. The Morgan fingerprint density at radius 3 is 1.76 bits per heavy atom. The van der Waals surface area contributed by atoms with Gasteiger partial charge in [-0.1, -0.05) is 103 Å². The molecule has 0 fully saturated rings. The van der Waals surface area contributed by atoms with E-state index in [0.717, 1.165) is 33.5 Å². The SMILES string of the molecule is c1ccc(-c2nc(-c3ccc4cc5c(cc4c3)c3cccc4c3c3c5cccc3n4-c3ccccc3)nc3ccccc23)cc1. The highest BCUT2D eigenvalue weighted by atomic mass is 15.0. The summed E-state index contributed by atoms with van der Waals surface area (Å²) in [6.45, 7) is 0. The molecule has 10 aromatic rings. The van der Waals surface area contributed by atoms with Gasteiger partial charge in [0.05, 0.1) is 22.2 Å². The number of benzene rings is 8. The normalized spacial score (nSPS) is 12.0. The van der Waals surface area contributed by atoms with Gasteiger partial charge in [-0.2, -0.15) is 0 Å². The van der Waals surface area contributed by atoms with E-state index in [9.17, 15) is 0 Å². The molecule has 0 amide bonds. The van der Waals surface area contributed by atoms with E-state index in [1.54, 1.807) is 0 Å². The Morgan fingerprint density at radius 1 is 0.400 bits per heavy atom. The highest BCUT2D eigenvalue weighted by Gasteiger charge is 2.20. The van der Waals surface area contributed by atoms with E-state index in [2.05, 4.69) is 144 Å². The molecule has 0 N–H and O–H groups in total. The Kier molecular flexibility index (Phi) is 5.00. The molecule has 0 saturated carbocycles. The Balaban J connectivity index is 1.24. The fourth-order valence-corrected chi connectivity index (χ4v) is 7.32. The van der Waals surface area contributed by atoms with Gasteiger partial charge in [0.1, 0.15) is 0 Å². The zero-order valence-corrected chi connectivity index (χ0v) is 24.3. The highest BCUT2D eigenvalue weighted by molar-refractivity contribution is 6.35. The molecule has 0 saturated heterocycles. The summed E-state index contributed by atoms with van der Waals surface area (Å²) in [5, 5.41) is 11.2. The number of hydrogen-bond acceptors (Lipinski definition) is 2. The van der Waals surface area contributed by atoms with Crippen molar-refractivity contribution < 1.29 is 0 Å². The Bertz CT molecular complexity index is 2740. The van der Waals surface area contributed by atoms with E-state index in [0.29, 0.717) is 0 Å². The van der Waals surface area contributed by atoms with Gasteiger partial charge in [0, 0.05) is 33.0 Å². The summed E-state index contributed by atoms with van der Waals surface area (Å²) < 4.78 is 2.41. The van der Waals surface area contributed by atoms with Crippen LogP contribution >= 0.6 is 0 Å². The maximum atomic E-state index is 5.14. The largest absolute Gasteiger partial charge is 0.309 e. The van der Waals surface area contributed by atoms with Crippen LogP contribution in [0.3, 0.4) is 0 Å². The second kappa shape index (κ2) is 9.22. The zero-order chi connectivity index (χ0) is 29.5. The first-order chi connectivity index (χ1) is 22.3. The fourth-order valence-electron chi connectivity index (χ4n) is 7.32. The first kappa shape index (κ1) is 24.4. The predicted octanol–water partition coefficient (Wildman–Crippen LogP) is 11.0. The van der Waals surface area contributed by atoms with Crippen molar-refractivity contribution in [3.8, 4) is 28.3 Å². The van der Waals surface area contributed by atoms with Gasteiger partial charge in [-0.15, -0.1) is 0 Å². The van der Waals surface area contributed by atoms with E-state index < -0.39 is 0 Å². The second-order valence-corrected chi connectivity index (χ2v) is 11.8. The van der Waals surface area contributed by atoms with Crippen molar-refractivity contribution in [1.29, 1.82) is 0 Å². The molecular formula is C42H25N3. The van der Waals surface area contributed by atoms with Crippen LogP contribution in [-0.2, 0) is 0 Å². The zero-order valence-electron chi connectivity index (χ0n) is 24.3. The van der Waals surface area contributed by atoms with E-state index in [4.69, 9.17) is 9.97 Å².